The second kappa shape index (κ2) is 4.76. The second-order valence-electron chi connectivity index (χ2n) is 5.22. The van der Waals surface area contributed by atoms with E-state index in [1.54, 1.807) is 12.1 Å². The van der Waals surface area contributed by atoms with Crippen LogP contribution in [0.2, 0.25) is 0 Å². The predicted molar refractivity (Wildman–Crippen MR) is 80.9 cm³/mol. The van der Waals surface area contributed by atoms with Crippen LogP contribution in [0.15, 0.2) is 45.6 Å². The van der Waals surface area contributed by atoms with Gasteiger partial charge in [0.1, 0.15) is 5.58 Å². The Morgan fingerprint density at radius 3 is 2.55 bits per heavy atom. The van der Waals surface area contributed by atoms with Crippen LogP contribution in [-0.4, -0.2) is 19.0 Å². The fourth-order valence-electron chi connectivity index (χ4n) is 2.50. The summed E-state index contributed by atoms with van der Waals surface area (Å²) < 4.78 is 5.44. The van der Waals surface area contributed by atoms with Crippen molar-refractivity contribution in [2.24, 2.45) is 0 Å². The molecular formula is C17H16NO2. The summed E-state index contributed by atoms with van der Waals surface area (Å²) in [6.07, 6.45) is 0. The van der Waals surface area contributed by atoms with Crippen LogP contribution in [0.5, 0.6) is 0 Å². The van der Waals surface area contributed by atoms with Crippen molar-refractivity contribution in [1.82, 2.24) is 4.90 Å². The minimum Gasteiger partial charge on any atom is -0.422 e. The Balaban J connectivity index is 2.50. The van der Waals surface area contributed by atoms with Gasteiger partial charge in [-0.1, -0.05) is 18.2 Å². The van der Waals surface area contributed by atoms with Gasteiger partial charge in [-0.25, -0.2) is 4.79 Å². The highest BCUT2D eigenvalue weighted by molar-refractivity contribution is 6.06. The van der Waals surface area contributed by atoms with Gasteiger partial charge in [0.25, 0.3) is 0 Å². The molecule has 0 unspecified atom stereocenters. The van der Waals surface area contributed by atoms with Crippen molar-refractivity contribution in [3.63, 3.8) is 0 Å². The molecule has 0 spiro atoms. The largest absolute Gasteiger partial charge is 0.422 e. The minimum atomic E-state index is -0.295. The molecule has 3 nitrogen and oxygen atoms in total. The number of hydrogen-bond acceptors (Lipinski definition) is 3. The van der Waals surface area contributed by atoms with Gasteiger partial charge in [-0.05, 0) is 50.8 Å². The first-order valence-corrected chi connectivity index (χ1v) is 6.61. The molecule has 0 N–H and O–H groups in total. The van der Waals surface area contributed by atoms with Crippen LogP contribution in [0, 0.1) is 6.07 Å². The lowest BCUT2D eigenvalue weighted by Crippen LogP contribution is -2.17. The molecule has 20 heavy (non-hydrogen) atoms. The van der Waals surface area contributed by atoms with Crippen LogP contribution in [0.1, 0.15) is 18.5 Å². The lowest BCUT2D eigenvalue weighted by molar-refractivity contribution is 0.323. The predicted octanol–water partition coefficient (Wildman–Crippen LogP) is 3.37. The van der Waals surface area contributed by atoms with E-state index in [0.717, 1.165) is 16.3 Å². The van der Waals surface area contributed by atoms with E-state index < -0.39 is 0 Å². The van der Waals surface area contributed by atoms with E-state index in [-0.39, 0.29) is 11.7 Å². The topological polar surface area (TPSA) is 33.5 Å². The fraction of sp³-hybridized carbons (Fsp3) is 0.235. The van der Waals surface area contributed by atoms with Gasteiger partial charge in [0.2, 0.25) is 0 Å². The van der Waals surface area contributed by atoms with Gasteiger partial charge in [0, 0.05) is 16.8 Å². The fourth-order valence-corrected chi connectivity index (χ4v) is 2.50. The molecular weight excluding hydrogens is 250 g/mol. The Kier molecular flexibility index (Phi) is 3.07. The summed E-state index contributed by atoms with van der Waals surface area (Å²) in [7, 11) is 4.07. The van der Waals surface area contributed by atoms with Crippen molar-refractivity contribution in [3.8, 4) is 0 Å². The molecule has 0 aliphatic heterocycles. The van der Waals surface area contributed by atoms with Crippen LogP contribution in [0.4, 0.5) is 0 Å². The lowest BCUT2D eigenvalue weighted by Gasteiger charge is -2.21. The zero-order valence-corrected chi connectivity index (χ0v) is 11.8. The Labute approximate surface area is 117 Å². The summed E-state index contributed by atoms with van der Waals surface area (Å²) in [6.45, 7) is 2.13. The van der Waals surface area contributed by atoms with Gasteiger partial charge >= 0.3 is 5.63 Å². The first kappa shape index (κ1) is 12.9. The highest BCUT2D eigenvalue weighted by Gasteiger charge is 2.15. The molecule has 3 rings (SSSR count). The SMILES string of the molecule is C[C@H](c1c[c]cc2oc(=O)c3ccccc3c12)N(C)C. The smallest absolute Gasteiger partial charge is 0.344 e. The van der Waals surface area contributed by atoms with Crippen LogP contribution < -0.4 is 5.63 Å². The summed E-state index contributed by atoms with van der Waals surface area (Å²) in [5.41, 5.74) is 1.42. The standard InChI is InChI=1S/C17H16NO2/c1-11(18(2)3)12-9-6-10-15-16(12)13-7-4-5-8-14(13)17(19)20-15/h4-5,7-11H,1-3H3/t11-/m1/s1. The van der Waals surface area contributed by atoms with Crippen molar-refractivity contribution in [1.29, 1.82) is 0 Å². The van der Waals surface area contributed by atoms with E-state index in [9.17, 15) is 4.79 Å². The van der Waals surface area contributed by atoms with Crippen molar-refractivity contribution in [3.05, 3.63) is 58.4 Å². The average Bonchev–Trinajstić information content (AvgIpc) is 2.46. The van der Waals surface area contributed by atoms with Crippen molar-refractivity contribution in [2.45, 2.75) is 13.0 Å². The Morgan fingerprint density at radius 1 is 1.15 bits per heavy atom. The molecule has 0 fully saturated rings. The summed E-state index contributed by atoms with van der Waals surface area (Å²) in [6, 6.07) is 14.6. The van der Waals surface area contributed by atoms with Crippen LogP contribution in [-0.2, 0) is 0 Å². The second-order valence-corrected chi connectivity index (χ2v) is 5.22. The number of hydrogen-bond donors (Lipinski definition) is 0. The monoisotopic (exact) mass is 266 g/mol. The Hall–Kier alpha value is -2.13. The van der Waals surface area contributed by atoms with Gasteiger partial charge in [-0.3, -0.25) is 0 Å². The van der Waals surface area contributed by atoms with Crippen LogP contribution >= 0.6 is 0 Å². The molecule has 0 aliphatic carbocycles. The van der Waals surface area contributed by atoms with Gasteiger partial charge < -0.3 is 9.32 Å². The van der Waals surface area contributed by atoms with Crippen molar-refractivity contribution in [2.75, 3.05) is 14.1 Å². The third-order valence-corrected chi connectivity index (χ3v) is 3.83. The third kappa shape index (κ3) is 1.91. The van der Waals surface area contributed by atoms with E-state index >= 15 is 0 Å². The summed E-state index contributed by atoms with van der Waals surface area (Å²) in [4.78, 5) is 14.1. The zero-order chi connectivity index (χ0) is 14.3. The maximum atomic E-state index is 12.0. The quantitative estimate of drug-likeness (QED) is 0.526. The number of fused-ring (bicyclic) bond motifs is 3. The summed E-state index contributed by atoms with van der Waals surface area (Å²) in [5, 5.41) is 2.56. The highest BCUT2D eigenvalue weighted by Crippen LogP contribution is 2.31. The van der Waals surface area contributed by atoms with Crippen molar-refractivity contribution < 1.29 is 4.42 Å². The maximum absolute atomic E-state index is 12.0. The van der Waals surface area contributed by atoms with E-state index in [0.29, 0.717) is 11.0 Å². The number of benzene rings is 2. The molecule has 0 saturated heterocycles. The number of nitrogens with zero attached hydrogens (tertiary/aromatic N) is 1. The Bertz CT molecular complexity index is 833. The first-order valence-electron chi connectivity index (χ1n) is 6.61. The molecule has 1 aromatic heterocycles. The molecule has 1 heterocycles. The molecule has 3 aromatic rings. The van der Waals surface area contributed by atoms with E-state index in [2.05, 4.69) is 17.9 Å². The number of rotatable bonds is 2. The molecule has 0 saturated carbocycles. The van der Waals surface area contributed by atoms with Gasteiger partial charge in [0.05, 0.1) is 5.39 Å². The first-order chi connectivity index (χ1) is 9.59. The highest BCUT2D eigenvalue weighted by atomic mass is 16.4. The van der Waals surface area contributed by atoms with E-state index in [4.69, 9.17) is 4.42 Å². The molecule has 101 valence electrons. The van der Waals surface area contributed by atoms with Gasteiger partial charge in [0.15, 0.2) is 0 Å². The average molecular weight is 266 g/mol. The molecule has 1 radical (unpaired) electrons. The molecule has 1 atom stereocenters. The normalized spacial score (nSPS) is 13.2. The van der Waals surface area contributed by atoms with Crippen LogP contribution in [0.25, 0.3) is 21.7 Å². The van der Waals surface area contributed by atoms with E-state index in [1.165, 1.54) is 0 Å². The summed E-state index contributed by atoms with van der Waals surface area (Å²) >= 11 is 0. The summed E-state index contributed by atoms with van der Waals surface area (Å²) in [5.74, 6) is 0. The van der Waals surface area contributed by atoms with E-state index in [1.807, 2.05) is 38.4 Å². The zero-order valence-electron chi connectivity index (χ0n) is 11.8. The van der Waals surface area contributed by atoms with Gasteiger partial charge in [-0.2, -0.15) is 0 Å². The third-order valence-electron chi connectivity index (χ3n) is 3.83. The minimum absolute atomic E-state index is 0.214. The lowest BCUT2D eigenvalue weighted by atomic mass is 9.98. The molecule has 3 heteroatoms. The van der Waals surface area contributed by atoms with Gasteiger partial charge in [-0.15, -0.1) is 0 Å². The molecule has 0 aliphatic rings. The molecule has 0 bridgehead atoms. The van der Waals surface area contributed by atoms with Crippen LogP contribution in [0.3, 0.4) is 0 Å². The maximum Gasteiger partial charge on any atom is 0.344 e. The van der Waals surface area contributed by atoms with Crippen molar-refractivity contribution >= 4 is 21.7 Å². The molecule has 0 amide bonds. The Morgan fingerprint density at radius 2 is 1.85 bits per heavy atom. The molecule has 2 aromatic carbocycles.